The second-order valence-corrected chi connectivity index (χ2v) is 7.15. The van der Waals surface area contributed by atoms with E-state index in [9.17, 15) is 18.3 Å². The maximum absolute atomic E-state index is 12.6. The monoisotopic (exact) mass is 299 g/mol. The van der Waals surface area contributed by atoms with Crippen LogP contribution in [0.15, 0.2) is 17.6 Å². The van der Waals surface area contributed by atoms with Gasteiger partial charge in [-0.05, 0) is 26.2 Å². The van der Waals surface area contributed by atoms with Crippen molar-refractivity contribution >= 4 is 16.0 Å². The van der Waals surface area contributed by atoms with Crippen molar-refractivity contribution in [3.05, 3.63) is 12.5 Å². The Morgan fingerprint density at radius 1 is 1.50 bits per heavy atom. The van der Waals surface area contributed by atoms with Crippen LogP contribution in [0.4, 0.5) is 0 Å². The molecule has 3 rings (SSSR count). The largest absolute Gasteiger partial charge is 0.481 e. The van der Waals surface area contributed by atoms with Crippen LogP contribution in [0.3, 0.4) is 0 Å². The Labute approximate surface area is 117 Å². The van der Waals surface area contributed by atoms with Gasteiger partial charge in [-0.2, -0.15) is 4.31 Å². The van der Waals surface area contributed by atoms with E-state index in [1.165, 1.54) is 16.8 Å². The minimum atomic E-state index is -3.69. The number of rotatable bonds is 4. The van der Waals surface area contributed by atoms with E-state index >= 15 is 0 Å². The first-order valence-corrected chi connectivity index (χ1v) is 8.17. The third-order valence-electron chi connectivity index (χ3n) is 4.31. The van der Waals surface area contributed by atoms with Crippen molar-refractivity contribution in [3.63, 3.8) is 0 Å². The Balaban J connectivity index is 1.94. The number of carbonyl (C=O) groups is 1. The van der Waals surface area contributed by atoms with E-state index in [2.05, 4.69) is 4.98 Å². The molecule has 0 aliphatic carbocycles. The summed E-state index contributed by atoms with van der Waals surface area (Å²) in [6, 6.07) is -0.618. The summed E-state index contributed by atoms with van der Waals surface area (Å²) < 4.78 is 28.4. The molecule has 110 valence electrons. The molecule has 2 aliphatic rings. The van der Waals surface area contributed by atoms with Crippen LogP contribution in [-0.4, -0.2) is 45.4 Å². The lowest BCUT2D eigenvalue weighted by atomic mass is 9.89. The lowest BCUT2D eigenvalue weighted by Gasteiger charge is -2.21. The highest BCUT2D eigenvalue weighted by molar-refractivity contribution is 7.89. The molecule has 8 heteroatoms. The summed E-state index contributed by atoms with van der Waals surface area (Å²) in [6.07, 6.45) is 4.76. The molecule has 0 aromatic carbocycles. The smallest absolute Gasteiger partial charge is 0.308 e. The summed E-state index contributed by atoms with van der Waals surface area (Å²) >= 11 is 0. The number of nitrogens with zero attached hydrogens (tertiary/aromatic N) is 3. The van der Waals surface area contributed by atoms with Gasteiger partial charge in [0.15, 0.2) is 5.03 Å². The first-order valence-electron chi connectivity index (χ1n) is 6.73. The number of carboxylic acid groups (broad SMARTS) is 1. The van der Waals surface area contributed by atoms with Gasteiger partial charge in [-0.25, -0.2) is 13.4 Å². The van der Waals surface area contributed by atoms with E-state index in [1.807, 2.05) is 6.92 Å². The molecule has 2 saturated heterocycles. The summed E-state index contributed by atoms with van der Waals surface area (Å²) in [4.78, 5) is 15.2. The quantitative estimate of drug-likeness (QED) is 0.875. The maximum atomic E-state index is 12.6. The zero-order chi connectivity index (χ0) is 14.5. The topological polar surface area (TPSA) is 92.5 Å². The molecule has 3 atom stereocenters. The van der Waals surface area contributed by atoms with Crippen LogP contribution in [0.2, 0.25) is 0 Å². The fraction of sp³-hybridized carbons (Fsp3) is 0.667. The molecule has 1 aromatic heterocycles. The van der Waals surface area contributed by atoms with Gasteiger partial charge in [-0.1, -0.05) is 0 Å². The molecule has 2 bridgehead atoms. The Hall–Kier alpha value is -1.41. The first kappa shape index (κ1) is 13.6. The van der Waals surface area contributed by atoms with Crippen LogP contribution in [0.5, 0.6) is 0 Å². The molecule has 3 unspecified atom stereocenters. The van der Waals surface area contributed by atoms with Gasteiger partial charge in [0.05, 0.1) is 12.2 Å². The van der Waals surface area contributed by atoms with Crippen molar-refractivity contribution in [1.82, 2.24) is 13.9 Å². The second-order valence-electron chi connectivity index (χ2n) is 5.36. The third-order valence-corrected chi connectivity index (χ3v) is 6.17. The average Bonchev–Trinajstić information content (AvgIpc) is 3.12. The highest BCUT2D eigenvalue weighted by Crippen LogP contribution is 2.44. The van der Waals surface area contributed by atoms with Crippen LogP contribution >= 0.6 is 0 Å². The SMILES string of the molecule is CCn1cnc(S(=O)(=O)N2C3CCC2C(C(=O)O)C3)c1. The predicted octanol–water partition coefficient (Wildman–Crippen LogP) is 0.529. The summed E-state index contributed by atoms with van der Waals surface area (Å²) in [6.45, 7) is 2.55. The van der Waals surface area contributed by atoms with E-state index in [1.54, 1.807) is 4.57 Å². The van der Waals surface area contributed by atoms with Crippen molar-refractivity contribution in [2.45, 2.75) is 49.8 Å². The minimum absolute atomic E-state index is 0.0160. The normalized spacial score (nSPS) is 29.9. The number of hydrogen-bond acceptors (Lipinski definition) is 4. The van der Waals surface area contributed by atoms with Gasteiger partial charge in [0.2, 0.25) is 0 Å². The number of aromatic nitrogens is 2. The van der Waals surface area contributed by atoms with E-state index in [4.69, 9.17) is 0 Å². The first-order chi connectivity index (χ1) is 9.45. The van der Waals surface area contributed by atoms with Crippen molar-refractivity contribution < 1.29 is 18.3 Å². The molecule has 3 heterocycles. The van der Waals surface area contributed by atoms with Crippen LogP contribution in [-0.2, 0) is 21.4 Å². The molecular weight excluding hydrogens is 282 g/mol. The standard InChI is InChI=1S/C12H17N3O4S/c1-2-14-6-11(13-7-14)20(18,19)15-8-3-4-10(15)9(5-8)12(16)17/h6-10H,2-5H2,1H3,(H,16,17). The van der Waals surface area contributed by atoms with Gasteiger partial charge in [-0.3, -0.25) is 4.79 Å². The van der Waals surface area contributed by atoms with Crippen LogP contribution in [0.1, 0.15) is 26.2 Å². The molecule has 2 fully saturated rings. The molecule has 0 radical (unpaired) electrons. The van der Waals surface area contributed by atoms with Crippen molar-refractivity contribution in [2.75, 3.05) is 0 Å². The van der Waals surface area contributed by atoms with E-state index < -0.39 is 28.0 Å². The zero-order valence-corrected chi connectivity index (χ0v) is 12.0. The molecule has 0 spiro atoms. The van der Waals surface area contributed by atoms with E-state index in [0.29, 0.717) is 19.4 Å². The second kappa shape index (κ2) is 4.56. The third kappa shape index (κ3) is 1.86. The van der Waals surface area contributed by atoms with E-state index in [0.717, 1.165) is 6.42 Å². The zero-order valence-electron chi connectivity index (χ0n) is 11.1. The van der Waals surface area contributed by atoms with Crippen LogP contribution in [0.25, 0.3) is 0 Å². The lowest BCUT2D eigenvalue weighted by molar-refractivity contribution is -0.142. The number of imidazole rings is 1. The number of carboxylic acids is 1. The minimum Gasteiger partial charge on any atom is -0.481 e. The van der Waals surface area contributed by atoms with Crippen LogP contribution in [0, 0.1) is 5.92 Å². The molecule has 7 nitrogen and oxygen atoms in total. The van der Waals surface area contributed by atoms with Crippen molar-refractivity contribution in [1.29, 1.82) is 0 Å². The summed E-state index contributed by atoms with van der Waals surface area (Å²) in [5.74, 6) is -1.49. The molecule has 2 aliphatic heterocycles. The maximum Gasteiger partial charge on any atom is 0.308 e. The Kier molecular flexibility index (Phi) is 3.09. The fourth-order valence-electron chi connectivity index (χ4n) is 3.33. The van der Waals surface area contributed by atoms with Gasteiger partial charge >= 0.3 is 5.97 Å². The molecule has 0 saturated carbocycles. The van der Waals surface area contributed by atoms with Crippen LogP contribution < -0.4 is 0 Å². The van der Waals surface area contributed by atoms with Gasteiger partial charge in [0.1, 0.15) is 0 Å². The highest BCUT2D eigenvalue weighted by atomic mass is 32.2. The van der Waals surface area contributed by atoms with Gasteiger partial charge in [-0.15, -0.1) is 0 Å². The van der Waals surface area contributed by atoms with Gasteiger partial charge in [0, 0.05) is 24.8 Å². The molecule has 0 amide bonds. The summed E-state index contributed by atoms with van der Waals surface area (Å²) in [5, 5.41) is 9.21. The number of fused-ring (bicyclic) bond motifs is 2. The Bertz CT molecular complexity index is 639. The Morgan fingerprint density at radius 2 is 2.25 bits per heavy atom. The number of hydrogen-bond donors (Lipinski definition) is 1. The molecular formula is C12H17N3O4S. The molecule has 1 N–H and O–H groups in total. The lowest BCUT2D eigenvalue weighted by Crippen LogP contribution is -2.38. The summed E-state index contributed by atoms with van der Waals surface area (Å²) in [7, 11) is -3.69. The molecule has 1 aromatic rings. The summed E-state index contributed by atoms with van der Waals surface area (Å²) in [5.41, 5.74) is 0. The highest BCUT2D eigenvalue weighted by Gasteiger charge is 2.54. The average molecular weight is 299 g/mol. The number of sulfonamides is 1. The van der Waals surface area contributed by atoms with Gasteiger partial charge < -0.3 is 9.67 Å². The predicted molar refractivity (Wildman–Crippen MR) is 69.5 cm³/mol. The fourth-order valence-corrected chi connectivity index (χ4v) is 5.19. The Morgan fingerprint density at radius 3 is 2.80 bits per heavy atom. The number of aryl methyl sites for hydroxylation is 1. The molecule has 20 heavy (non-hydrogen) atoms. The van der Waals surface area contributed by atoms with E-state index in [-0.39, 0.29) is 11.1 Å². The van der Waals surface area contributed by atoms with Crippen molar-refractivity contribution in [3.8, 4) is 0 Å². The van der Waals surface area contributed by atoms with Crippen molar-refractivity contribution in [2.24, 2.45) is 5.92 Å². The van der Waals surface area contributed by atoms with Gasteiger partial charge in [0.25, 0.3) is 10.0 Å². The number of aliphatic carboxylic acids is 1.